The van der Waals surface area contributed by atoms with Crippen molar-refractivity contribution in [2.24, 2.45) is 5.84 Å². The van der Waals surface area contributed by atoms with E-state index in [0.717, 1.165) is 5.75 Å². The van der Waals surface area contributed by atoms with Crippen molar-refractivity contribution in [1.82, 2.24) is 5.43 Å². The van der Waals surface area contributed by atoms with Crippen LogP contribution in [0.5, 0.6) is 0 Å². The van der Waals surface area contributed by atoms with E-state index in [-0.39, 0.29) is 0 Å². The summed E-state index contributed by atoms with van der Waals surface area (Å²) in [5.41, 5.74) is 2.89. The molecule has 3 N–H and O–H groups in total. The summed E-state index contributed by atoms with van der Waals surface area (Å²) in [6.07, 6.45) is 6.56. The molecule has 0 saturated carbocycles. The number of hydrogen-bond acceptors (Lipinski definition) is 3. The number of thioether (sulfide) groups is 1. The predicted octanol–water partition coefficient (Wildman–Crippen LogP) is 2.54. The minimum atomic E-state index is 0.516. The molecule has 13 heavy (non-hydrogen) atoms. The molecule has 0 aliphatic rings. The summed E-state index contributed by atoms with van der Waals surface area (Å²) in [4.78, 5) is 0. The quantitative estimate of drug-likeness (QED) is 0.344. The van der Waals surface area contributed by atoms with Crippen LogP contribution >= 0.6 is 11.8 Å². The Bertz CT molecular complexity index is 98.9. The monoisotopic (exact) mass is 204 g/mol. The molecule has 0 fully saturated rings. The first kappa shape index (κ1) is 13.3. The third-order valence-electron chi connectivity index (χ3n) is 2.17. The molecule has 0 aromatic carbocycles. The van der Waals surface area contributed by atoms with Gasteiger partial charge in [-0.15, -0.1) is 0 Å². The van der Waals surface area contributed by atoms with E-state index in [4.69, 9.17) is 5.84 Å². The number of rotatable bonds is 9. The highest BCUT2D eigenvalue weighted by atomic mass is 32.2. The van der Waals surface area contributed by atoms with Crippen molar-refractivity contribution in [2.75, 3.05) is 11.5 Å². The summed E-state index contributed by atoms with van der Waals surface area (Å²) in [5, 5.41) is 0. The first-order chi connectivity index (χ1) is 6.35. The Balaban J connectivity index is 3.25. The summed E-state index contributed by atoms with van der Waals surface area (Å²) in [7, 11) is 0. The molecular formula is C10H24N2S. The van der Waals surface area contributed by atoms with Gasteiger partial charge in [0.2, 0.25) is 0 Å². The zero-order chi connectivity index (χ0) is 9.94. The van der Waals surface area contributed by atoms with Crippen LogP contribution in [0.1, 0.15) is 46.0 Å². The third-order valence-corrected chi connectivity index (χ3v) is 3.21. The van der Waals surface area contributed by atoms with Crippen molar-refractivity contribution in [2.45, 2.75) is 52.0 Å². The number of unbranched alkanes of at least 4 members (excludes halogenated alkanes) is 3. The van der Waals surface area contributed by atoms with Crippen LogP contribution in [0, 0.1) is 0 Å². The van der Waals surface area contributed by atoms with Gasteiger partial charge < -0.3 is 0 Å². The van der Waals surface area contributed by atoms with Gasteiger partial charge in [-0.1, -0.05) is 39.5 Å². The van der Waals surface area contributed by atoms with Gasteiger partial charge in [-0.3, -0.25) is 11.3 Å². The average Bonchev–Trinajstić information content (AvgIpc) is 2.17. The summed E-state index contributed by atoms with van der Waals surface area (Å²) in [6.45, 7) is 4.43. The molecule has 80 valence electrons. The lowest BCUT2D eigenvalue weighted by Crippen LogP contribution is -2.37. The fourth-order valence-corrected chi connectivity index (χ4v) is 2.08. The third kappa shape index (κ3) is 8.60. The van der Waals surface area contributed by atoms with E-state index in [0.29, 0.717) is 6.04 Å². The summed E-state index contributed by atoms with van der Waals surface area (Å²) < 4.78 is 0. The maximum Gasteiger partial charge on any atom is 0.0301 e. The van der Waals surface area contributed by atoms with E-state index in [1.54, 1.807) is 0 Å². The van der Waals surface area contributed by atoms with Crippen molar-refractivity contribution < 1.29 is 0 Å². The van der Waals surface area contributed by atoms with E-state index < -0.39 is 0 Å². The zero-order valence-corrected chi connectivity index (χ0v) is 9.83. The standard InChI is InChI=1S/C10H24N2S/c1-3-5-6-7-8-10(12-11)9-13-4-2/h10,12H,3-9,11H2,1-2H3. The molecule has 2 nitrogen and oxygen atoms in total. The molecule has 0 aliphatic carbocycles. The first-order valence-electron chi connectivity index (χ1n) is 5.39. The van der Waals surface area contributed by atoms with Crippen molar-refractivity contribution >= 4 is 11.8 Å². The Kier molecular flexibility index (Phi) is 10.6. The van der Waals surface area contributed by atoms with Crippen LogP contribution in [0.15, 0.2) is 0 Å². The number of nitrogens with two attached hydrogens (primary N) is 1. The van der Waals surface area contributed by atoms with E-state index >= 15 is 0 Å². The van der Waals surface area contributed by atoms with Crippen molar-refractivity contribution in [3.8, 4) is 0 Å². The molecule has 0 rings (SSSR count). The molecule has 0 amide bonds. The van der Waals surface area contributed by atoms with Crippen LogP contribution in [-0.2, 0) is 0 Å². The van der Waals surface area contributed by atoms with Crippen molar-refractivity contribution in [3.05, 3.63) is 0 Å². The van der Waals surface area contributed by atoms with Crippen LogP contribution in [0.3, 0.4) is 0 Å². The number of nitrogens with one attached hydrogen (secondary N) is 1. The van der Waals surface area contributed by atoms with E-state index in [1.165, 1.54) is 37.9 Å². The van der Waals surface area contributed by atoms with Gasteiger partial charge in [0.05, 0.1) is 0 Å². The summed E-state index contributed by atoms with van der Waals surface area (Å²) >= 11 is 1.96. The van der Waals surface area contributed by atoms with Crippen molar-refractivity contribution in [3.63, 3.8) is 0 Å². The maximum absolute atomic E-state index is 5.46. The molecule has 0 aliphatic heterocycles. The molecule has 0 spiro atoms. The highest BCUT2D eigenvalue weighted by Gasteiger charge is 2.04. The molecule has 3 heteroatoms. The molecule has 0 radical (unpaired) electrons. The van der Waals surface area contributed by atoms with Gasteiger partial charge in [-0.25, -0.2) is 0 Å². The summed E-state index contributed by atoms with van der Waals surface area (Å²) in [6, 6.07) is 0.516. The maximum atomic E-state index is 5.46. The van der Waals surface area contributed by atoms with Gasteiger partial charge >= 0.3 is 0 Å². The van der Waals surface area contributed by atoms with E-state index in [9.17, 15) is 0 Å². The smallest absolute Gasteiger partial charge is 0.0301 e. The number of hydrazine groups is 1. The minimum absolute atomic E-state index is 0.516. The lowest BCUT2D eigenvalue weighted by molar-refractivity contribution is 0.501. The van der Waals surface area contributed by atoms with Gasteiger partial charge in [0.15, 0.2) is 0 Å². The van der Waals surface area contributed by atoms with Crippen LogP contribution in [0.4, 0.5) is 0 Å². The second-order valence-electron chi connectivity index (χ2n) is 3.37. The Hall–Kier alpha value is 0.270. The summed E-state index contributed by atoms with van der Waals surface area (Å²) in [5.74, 6) is 7.80. The Labute approximate surface area is 87.0 Å². The predicted molar refractivity (Wildman–Crippen MR) is 62.9 cm³/mol. The van der Waals surface area contributed by atoms with Gasteiger partial charge in [-0.05, 0) is 12.2 Å². The topological polar surface area (TPSA) is 38.0 Å². The highest BCUT2D eigenvalue weighted by Crippen LogP contribution is 2.09. The zero-order valence-electron chi connectivity index (χ0n) is 9.01. The SMILES string of the molecule is CCCCCCC(CSCC)NN. The molecular weight excluding hydrogens is 180 g/mol. The molecule has 0 saturated heterocycles. The molecule has 0 heterocycles. The lowest BCUT2D eigenvalue weighted by atomic mass is 10.1. The molecule has 0 aromatic heterocycles. The Morgan fingerprint density at radius 1 is 1.23 bits per heavy atom. The fraction of sp³-hybridized carbons (Fsp3) is 1.00. The van der Waals surface area contributed by atoms with Gasteiger partial charge in [0.25, 0.3) is 0 Å². The van der Waals surface area contributed by atoms with E-state index in [2.05, 4.69) is 19.3 Å². The largest absolute Gasteiger partial charge is 0.271 e. The average molecular weight is 204 g/mol. The Morgan fingerprint density at radius 3 is 2.54 bits per heavy atom. The molecule has 0 aromatic rings. The molecule has 1 unspecified atom stereocenters. The van der Waals surface area contributed by atoms with Crippen molar-refractivity contribution in [1.29, 1.82) is 0 Å². The number of hydrogen-bond donors (Lipinski definition) is 2. The minimum Gasteiger partial charge on any atom is -0.271 e. The lowest BCUT2D eigenvalue weighted by Gasteiger charge is -2.14. The highest BCUT2D eigenvalue weighted by molar-refractivity contribution is 7.99. The van der Waals surface area contributed by atoms with E-state index in [1.807, 2.05) is 11.8 Å². The van der Waals surface area contributed by atoms with Gasteiger partial charge in [0, 0.05) is 11.8 Å². The molecule has 0 bridgehead atoms. The van der Waals surface area contributed by atoms with Crippen LogP contribution in [0.2, 0.25) is 0 Å². The van der Waals surface area contributed by atoms with Crippen LogP contribution < -0.4 is 11.3 Å². The fourth-order valence-electron chi connectivity index (χ4n) is 1.29. The second-order valence-corrected chi connectivity index (χ2v) is 4.69. The normalized spacial score (nSPS) is 13.2. The van der Waals surface area contributed by atoms with Crippen LogP contribution in [-0.4, -0.2) is 17.5 Å². The molecule has 1 atom stereocenters. The van der Waals surface area contributed by atoms with Gasteiger partial charge in [-0.2, -0.15) is 11.8 Å². The first-order valence-corrected chi connectivity index (χ1v) is 6.54. The Morgan fingerprint density at radius 2 is 2.00 bits per heavy atom. The second kappa shape index (κ2) is 10.4. The van der Waals surface area contributed by atoms with Gasteiger partial charge in [0.1, 0.15) is 0 Å². The van der Waals surface area contributed by atoms with Crippen LogP contribution in [0.25, 0.3) is 0 Å².